The minimum absolute atomic E-state index is 0.0699. The van der Waals surface area contributed by atoms with Gasteiger partial charge in [0.2, 0.25) is 5.91 Å². The maximum atomic E-state index is 13.7. The summed E-state index contributed by atoms with van der Waals surface area (Å²) < 4.78 is 52.3. The van der Waals surface area contributed by atoms with Gasteiger partial charge in [-0.3, -0.25) is 33.4 Å². The van der Waals surface area contributed by atoms with Crippen molar-refractivity contribution in [3.63, 3.8) is 0 Å². The van der Waals surface area contributed by atoms with E-state index in [1.54, 1.807) is 84.6 Å². The zero-order valence-electron chi connectivity index (χ0n) is 41.5. The number of hydrogen-bond acceptors (Lipinski definition) is 12. The second-order valence-electron chi connectivity index (χ2n) is 15.2. The van der Waals surface area contributed by atoms with Crippen molar-refractivity contribution in [1.29, 1.82) is 0 Å². The fourth-order valence-electron chi connectivity index (χ4n) is 7.19. The summed E-state index contributed by atoms with van der Waals surface area (Å²) in [5.74, 6) is -5.68. The molecule has 3 aromatic carbocycles. The first-order chi connectivity index (χ1) is 33.1. The highest BCUT2D eigenvalue weighted by atomic mass is 35.5. The Labute approximate surface area is 395 Å². The number of hydrogen-bond donors (Lipinski definition) is 3. The standard InChI is InChI=1S/C46H58ClN5O8.C2H2O4/c1-5-21-51(22-6-2)46(57)40(48-44(55)34-11-8-7-9-12-34)18-20-42(53)59-29-10-23-49-24-26-50(27-25-49)28-30-60-43(54)32-38-33(3)52(41-19-17-37(58-4)31-39(38)41)45(56)35-13-15-36(47)16-14-35;3-1(4)2(5)6/h7-9,11-17,19,31,40H,5-6,10,18,20-30,32H2,1-4H3,(H,48,55);(H,3,4)(H,5,6)/i28D2,30D2;. The lowest BCUT2D eigenvalue weighted by atomic mass is 10.1. The SMILES string of the molecule is O=C(O)C(=O)O.[2H]C([2H])(OC(=O)Cc1c(C)n(C(=O)c2ccc(Cl)cc2)c2ccc(OC)cc12)C([2H])([2H])N1CCN(CCCOC(=O)CCC(NC(=O)c2ccccc2)C(=O)N(CCC)CCC)CC1. The number of ether oxygens (including phenoxy) is 3. The number of nitrogens with zero attached hydrogens (tertiary/aromatic N) is 4. The molecule has 0 radical (unpaired) electrons. The molecule has 0 spiro atoms. The Morgan fingerprint density at radius 1 is 0.833 bits per heavy atom. The summed E-state index contributed by atoms with van der Waals surface area (Å²) >= 11 is 6.04. The predicted octanol–water partition coefficient (Wildman–Crippen LogP) is 5.32. The van der Waals surface area contributed by atoms with Crippen molar-refractivity contribution in [2.45, 2.75) is 65.3 Å². The van der Waals surface area contributed by atoms with E-state index in [4.69, 9.17) is 51.1 Å². The summed E-state index contributed by atoms with van der Waals surface area (Å²) in [6.45, 7) is 2.66. The van der Waals surface area contributed by atoms with Crippen LogP contribution in [0.1, 0.15) is 83.4 Å². The first-order valence-corrected chi connectivity index (χ1v) is 22.0. The number of carboxylic acids is 2. The van der Waals surface area contributed by atoms with Gasteiger partial charge in [0, 0.05) is 88.7 Å². The van der Waals surface area contributed by atoms with Crippen molar-refractivity contribution in [2.75, 3.05) is 72.6 Å². The molecule has 66 heavy (non-hydrogen) atoms. The topological polar surface area (TPSA) is 214 Å². The minimum Gasteiger partial charge on any atom is -0.497 e. The highest BCUT2D eigenvalue weighted by Gasteiger charge is 2.27. The lowest BCUT2D eigenvalue weighted by Gasteiger charge is -2.34. The molecular formula is C48H60ClN5O12. The van der Waals surface area contributed by atoms with Crippen LogP contribution in [-0.2, 0) is 39.9 Å². The molecule has 17 nitrogen and oxygen atoms in total. The Bertz CT molecular complexity index is 2450. The molecule has 0 aliphatic carbocycles. The Morgan fingerprint density at radius 3 is 2.08 bits per heavy atom. The van der Waals surface area contributed by atoms with Crippen LogP contribution in [0.25, 0.3) is 10.9 Å². The Hall–Kier alpha value is -6.30. The van der Waals surface area contributed by atoms with Crippen LogP contribution in [0.3, 0.4) is 0 Å². The number of methoxy groups -OCH3 is 1. The van der Waals surface area contributed by atoms with Gasteiger partial charge >= 0.3 is 23.9 Å². The van der Waals surface area contributed by atoms with Crippen molar-refractivity contribution in [2.24, 2.45) is 0 Å². The summed E-state index contributed by atoms with van der Waals surface area (Å²) in [7, 11) is 1.49. The summed E-state index contributed by atoms with van der Waals surface area (Å²) in [6, 6.07) is 19.1. The average Bonchev–Trinajstić information content (AvgIpc) is 3.60. The fraction of sp³-hybridized carbons (Fsp3) is 0.438. The molecule has 3 N–H and O–H groups in total. The number of fused-ring (bicyclic) bond motifs is 1. The first-order valence-electron chi connectivity index (χ1n) is 23.6. The molecule has 0 saturated carbocycles. The number of carbonyl (C=O) groups is 7. The fourth-order valence-corrected chi connectivity index (χ4v) is 7.32. The van der Waals surface area contributed by atoms with Crippen LogP contribution in [0, 0.1) is 6.92 Å². The van der Waals surface area contributed by atoms with Crippen molar-refractivity contribution < 1.29 is 63.5 Å². The summed E-state index contributed by atoms with van der Waals surface area (Å²) in [4.78, 5) is 89.7. The number of amides is 2. The quantitative estimate of drug-likeness (QED) is 0.0548. The Balaban J connectivity index is 0.00000167. The number of aliphatic carboxylic acids is 2. The Morgan fingerprint density at radius 2 is 1.47 bits per heavy atom. The molecule has 356 valence electrons. The van der Waals surface area contributed by atoms with Gasteiger partial charge in [-0.05, 0) is 92.8 Å². The number of benzene rings is 3. The van der Waals surface area contributed by atoms with Crippen molar-refractivity contribution in [3.05, 3.63) is 100 Å². The zero-order chi connectivity index (χ0) is 51.8. The number of carboxylic acid groups (broad SMARTS) is 2. The number of carbonyl (C=O) groups excluding carboxylic acids is 5. The van der Waals surface area contributed by atoms with Crippen LogP contribution in [0.15, 0.2) is 72.8 Å². The highest BCUT2D eigenvalue weighted by Crippen LogP contribution is 2.31. The van der Waals surface area contributed by atoms with E-state index >= 15 is 0 Å². The molecule has 1 aliphatic heterocycles. The molecule has 1 fully saturated rings. The molecule has 1 saturated heterocycles. The largest absolute Gasteiger partial charge is 0.497 e. The number of aromatic nitrogens is 1. The van der Waals surface area contributed by atoms with Crippen molar-refractivity contribution in [1.82, 2.24) is 24.6 Å². The highest BCUT2D eigenvalue weighted by molar-refractivity contribution is 6.30. The summed E-state index contributed by atoms with van der Waals surface area (Å²) in [6.07, 6.45) is 1.56. The van der Waals surface area contributed by atoms with Gasteiger partial charge in [0.1, 0.15) is 18.4 Å². The number of piperazine rings is 1. The van der Waals surface area contributed by atoms with Crippen LogP contribution in [-0.4, -0.2) is 150 Å². The van der Waals surface area contributed by atoms with Gasteiger partial charge < -0.3 is 39.5 Å². The maximum absolute atomic E-state index is 13.7. The van der Waals surface area contributed by atoms with Gasteiger partial charge in [-0.1, -0.05) is 43.6 Å². The number of nitrogens with one attached hydrogen (secondary N) is 1. The molecule has 2 heterocycles. The van der Waals surface area contributed by atoms with Crippen LogP contribution >= 0.6 is 11.6 Å². The zero-order valence-corrected chi connectivity index (χ0v) is 38.3. The molecule has 4 aromatic rings. The van der Waals surface area contributed by atoms with Gasteiger partial charge in [0.15, 0.2) is 0 Å². The molecule has 1 aromatic heterocycles. The molecular weight excluding hydrogens is 874 g/mol. The van der Waals surface area contributed by atoms with E-state index < -0.39 is 55.3 Å². The maximum Gasteiger partial charge on any atom is 0.414 e. The van der Waals surface area contributed by atoms with E-state index in [0.717, 1.165) is 12.8 Å². The van der Waals surface area contributed by atoms with Gasteiger partial charge in [-0.25, -0.2) is 9.59 Å². The van der Waals surface area contributed by atoms with E-state index in [1.807, 2.05) is 18.7 Å². The first kappa shape index (κ1) is 46.2. The average molecular weight is 939 g/mol. The van der Waals surface area contributed by atoms with E-state index in [0.29, 0.717) is 83.2 Å². The third-order valence-electron chi connectivity index (χ3n) is 10.5. The monoisotopic (exact) mass is 937 g/mol. The number of rotatable bonds is 21. The molecule has 5 rings (SSSR count). The molecule has 18 heteroatoms. The molecule has 0 bridgehead atoms. The minimum atomic E-state index is -3.04. The summed E-state index contributed by atoms with van der Waals surface area (Å²) in [5, 5.41) is 18.6. The molecule has 1 aliphatic rings. The molecule has 1 unspecified atom stereocenters. The smallest absolute Gasteiger partial charge is 0.414 e. The predicted molar refractivity (Wildman–Crippen MR) is 247 cm³/mol. The van der Waals surface area contributed by atoms with Crippen molar-refractivity contribution in [3.8, 4) is 5.75 Å². The van der Waals surface area contributed by atoms with Crippen molar-refractivity contribution >= 4 is 64.1 Å². The van der Waals surface area contributed by atoms with Gasteiger partial charge in [-0.15, -0.1) is 0 Å². The lowest BCUT2D eigenvalue weighted by Crippen LogP contribution is -2.49. The van der Waals surface area contributed by atoms with Gasteiger partial charge in [-0.2, -0.15) is 0 Å². The van der Waals surface area contributed by atoms with Crippen LogP contribution in [0.5, 0.6) is 5.75 Å². The summed E-state index contributed by atoms with van der Waals surface area (Å²) in [5.41, 5.74) is 2.11. The van der Waals surface area contributed by atoms with Crippen LogP contribution in [0.2, 0.25) is 5.02 Å². The van der Waals surface area contributed by atoms with E-state index in [-0.39, 0.29) is 44.4 Å². The molecule has 1 atom stereocenters. The van der Waals surface area contributed by atoms with Crippen LogP contribution in [0.4, 0.5) is 0 Å². The number of esters is 2. The van der Waals surface area contributed by atoms with E-state index in [2.05, 4.69) is 5.32 Å². The normalized spacial score (nSPS) is 14.5. The third-order valence-corrected chi connectivity index (χ3v) is 10.8. The lowest BCUT2D eigenvalue weighted by molar-refractivity contribution is -0.159. The van der Waals surface area contributed by atoms with Gasteiger partial charge in [0.05, 0.1) is 28.4 Å². The van der Waals surface area contributed by atoms with E-state index in [1.165, 1.54) is 16.6 Å². The van der Waals surface area contributed by atoms with Crippen LogP contribution < -0.4 is 10.1 Å². The molecule has 2 amide bonds. The second kappa shape index (κ2) is 26.6. The van der Waals surface area contributed by atoms with E-state index in [9.17, 15) is 24.0 Å². The number of halogens is 1. The third kappa shape index (κ3) is 15.7. The van der Waals surface area contributed by atoms with Gasteiger partial charge in [0.25, 0.3) is 11.8 Å². The second-order valence-corrected chi connectivity index (χ2v) is 15.7. The Kier molecular flexibility index (Phi) is 18.6.